The molecule has 4 saturated heterocycles. The topological polar surface area (TPSA) is 201 Å². The van der Waals surface area contributed by atoms with Gasteiger partial charge in [-0.2, -0.15) is 0 Å². The van der Waals surface area contributed by atoms with Gasteiger partial charge >= 0.3 is 11.9 Å². The van der Waals surface area contributed by atoms with Crippen LogP contribution in [-0.4, -0.2) is 188 Å². The van der Waals surface area contributed by atoms with E-state index in [0.717, 1.165) is 38.9 Å². The molecule has 4 rings (SSSR count). The molecule has 4 heterocycles. The summed E-state index contributed by atoms with van der Waals surface area (Å²) in [6.07, 6.45) is -5.79. The van der Waals surface area contributed by atoms with E-state index in [9.17, 15) is 29.7 Å². The number of rotatable bonds is 14. The smallest absolute Gasteiger partial charge is 0.311 e. The van der Waals surface area contributed by atoms with Crippen LogP contribution in [0.5, 0.6) is 0 Å². The Labute approximate surface area is 388 Å². The normalized spacial score (nSPS) is 43.5. The molecule has 4 aliphatic heterocycles. The zero-order chi connectivity index (χ0) is 48.8. The summed E-state index contributed by atoms with van der Waals surface area (Å²) in [7, 11) is 7.09. The number of likely N-dealkylation sites (N-methyl/N-ethyl adjacent to an activating group) is 1. The highest BCUT2D eigenvalue weighted by Crippen LogP contribution is 2.42. The Morgan fingerprint density at radius 3 is 2.06 bits per heavy atom. The third-order valence-corrected chi connectivity index (χ3v) is 15.0. The van der Waals surface area contributed by atoms with E-state index in [4.69, 9.17) is 42.6 Å². The maximum absolute atomic E-state index is 14.6. The van der Waals surface area contributed by atoms with Crippen molar-refractivity contribution in [2.24, 2.45) is 23.7 Å². The Kier molecular flexibility index (Phi) is 20.3. The minimum atomic E-state index is -1.99. The van der Waals surface area contributed by atoms with Gasteiger partial charge in [0.15, 0.2) is 18.7 Å². The lowest BCUT2D eigenvalue weighted by Gasteiger charge is -2.50. The molecule has 0 bridgehead atoms. The van der Waals surface area contributed by atoms with Crippen LogP contribution < -0.4 is 0 Å². The van der Waals surface area contributed by atoms with E-state index in [1.54, 1.807) is 41.7 Å². The molecule has 3 N–H and O–H groups in total. The summed E-state index contributed by atoms with van der Waals surface area (Å²) >= 11 is 0. The number of Topliss-reactive ketones (excluding diaryl/α,β-unsaturated/α-hetero) is 1. The highest BCUT2D eigenvalue weighted by molar-refractivity contribution is 5.83. The number of ether oxygens (including phenoxy) is 9. The number of hydrogen-bond acceptors (Lipinski definition) is 17. The van der Waals surface area contributed by atoms with Crippen molar-refractivity contribution < 1.29 is 72.3 Å². The first-order valence-electron chi connectivity index (χ1n) is 24.1. The number of esters is 2. The van der Waals surface area contributed by atoms with E-state index in [2.05, 4.69) is 9.80 Å². The molecule has 378 valence electrons. The van der Waals surface area contributed by atoms with Crippen molar-refractivity contribution in [2.45, 2.75) is 211 Å². The molecule has 0 saturated carbocycles. The van der Waals surface area contributed by atoms with E-state index in [-0.39, 0.29) is 43.3 Å². The molecule has 65 heavy (non-hydrogen) atoms. The average molecular weight is 931 g/mol. The van der Waals surface area contributed by atoms with Crippen LogP contribution in [0, 0.1) is 23.7 Å². The highest BCUT2D eigenvalue weighted by Gasteiger charge is 2.55. The van der Waals surface area contributed by atoms with Crippen LogP contribution in [0.3, 0.4) is 0 Å². The predicted octanol–water partition coefficient (Wildman–Crippen LogP) is 3.88. The summed E-state index contributed by atoms with van der Waals surface area (Å²) in [6.45, 7) is 21.7. The summed E-state index contributed by atoms with van der Waals surface area (Å²) < 4.78 is 58.4. The Balaban J connectivity index is 1.82. The molecule has 0 unspecified atom stereocenters. The minimum Gasteiger partial charge on any atom is -0.459 e. The van der Waals surface area contributed by atoms with E-state index in [1.807, 2.05) is 41.8 Å². The molecule has 0 aromatic rings. The van der Waals surface area contributed by atoms with Gasteiger partial charge in [0, 0.05) is 77.6 Å². The van der Waals surface area contributed by atoms with Crippen LogP contribution in [0.15, 0.2) is 0 Å². The number of likely N-dealkylation sites (tertiary alicyclic amines) is 1. The zero-order valence-electron chi connectivity index (χ0n) is 42.2. The first-order valence-corrected chi connectivity index (χ1v) is 24.1. The van der Waals surface area contributed by atoms with Gasteiger partial charge in [-0.15, -0.1) is 0 Å². The van der Waals surface area contributed by atoms with Crippen molar-refractivity contribution in [3.05, 3.63) is 0 Å². The second-order valence-corrected chi connectivity index (χ2v) is 20.5. The van der Waals surface area contributed by atoms with E-state index in [1.165, 1.54) is 21.0 Å². The van der Waals surface area contributed by atoms with Gasteiger partial charge in [0.1, 0.15) is 29.2 Å². The molecule has 0 amide bonds. The van der Waals surface area contributed by atoms with Crippen LogP contribution in [0.2, 0.25) is 0 Å². The van der Waals surface area contributed by atoms with Crippen LogP contribution in [0.25, 0.3) is 0 Å². The van der Waals surface area contributed by atoms with Crippen molar-refractivity contribution in [3.8, 4) is 0 Å². The first kappa shape index (κ1) is 55.7. The molecule has 4 fully saturated rings. The number of carbonyl (C=O) groups is 3. The zero-order valence-corrected chi connectivity index (χ0v) is 42.2. The molecule has 18 atom stereocenters. The fourth-order valence-electron chi connectivity index (χ4n) is 10.8. The number of ketones is 1. The summed E-state index contributed by atoms with van der Waals surface area (Å²) in [5.74, 6) is -4.98. The lowest BCUT2D eigenvalue weighted by atomic mass is 9.74. The maximum atomic E-state index is 14.6. The first-order chi connectivity index (χ1) is 30.3. The SMILES string of the molecule is CC[C@H]1OC(=O)[C@H](C)[C@@H](O[C@H]2C[C@@](C)(OC)[C@@H](OC(C)=O)[C@H](C)O2)[C@H](C)[C@@H](O[C@@H]2O[C@H](C)C[C@H](N(C)C)[C@H]2OCCCN2CCC(O)CC2)[C@@](C)(OC)C[C@@H](C)C(=O)[C@H](C)[C@@H](O)[C@]1(C)O. The highest BCUT2D eigenvalue weighted by atomic mass is 16.7. The van der Waals surface area contributed by atoms with Gasteiger partial charge in [-0.05, 0) is 94.2 Å². The monoisotopic (exact) mass is 931 g/mol. The molecule has 0 radical (unpaired) electrons. The summed E-state index contributed by atoms with van der Waals surface area (Å²) in [4.78, 5) is 45.5. The molecule has 4 aliphatic rings. The number of methoxy groups -OCH3 is 2. The summed E-state index contributed by atoms with van der Waals surface area (Å²) in [5.41, 5.74) is -4.29. The van der Waals surface area contributed by atoms with Crippen molar-refractivity contribution in [1.82, 2.24) is 9.80 Å². The number of piperidine rings is 1. The molecule has 0 aliphatic carbocycles. The van der Waals surface area contributed by atoms with Crippen molar-refractivity contribution in [1.29, 1.82) is 0 Å². The Bertz CT molecular complexity index is 1530. The number of cyclic esters (lactones) is 1. The number of carbonyl (C=O) groups excluding carboxylic acids is 3. The molecular formula is C48H86N2O15. The average Bonchev–Trinajstić information content (AvgIpc) is 3.25. The van der Waals surface area contributed by atoms with E-state index < -0.39 is 108 Å². The lowest BCUT2D eigenvalue weighted by molar-refractivity contribution is -0.323. The fourth-order valence-corrected chi connectivity index (χ4v) is 10.8. The van der Waals surface area contributed by atoms with E-state index >= 15 is 0 Å². The Morgan fingerprint density at radius 2 is 1.49 bits per heavy atom. The Morgan fingerprint density at radius 1 is 0.877 bits per heavy atom. The second kappa shape index (κ2) is 23.6. The van der Waals surface area contributed by atoms with Gasteiger partial charge < -0.3 is 67.8 Å². The maximum Gasteiger partial charge on any atom is 0.311 e. The molecule has 0 aromatic heterocycles. The van der Waals surface area contributed by atoms with Gasteiger partial charge in [-0.1, -0.05) is 27.7 Å². The summed E-state index contributed by atoms with van der Waals surface area (Å²) in [5, 5.41) is 33.5. The minimum absolute atomic E-state index is 0.104. The third kappa shape index (κ3) is 13.5. The van der Waals surface area contributed by atoms with Crippen LogP contribution in [0.4, 0.5) is 0 Å². The van der Waals surface area contributed by atoms with Crippen molar-refractivity contribution >= 4 is 17.7 Å². The van der Waals surface area contributed by atoms with Crippen molar-refractivity contribution in [3.63, 3.8) is 0 Å². The number of aliphatic hydroxyl groups excluding tert-OH is 2. The predicted molar refractivity (Wildman–Crippen MR) is 241 cm³/mol. The van der Waals surface area contributed by atoms with Crippen LogP contribution in [0.1, 0.15) is 121 Å². The largest absolute Gasteiger partial charge is 0.459 e. The molecule has 17 heteroatoms. The Hall–Kier alpha value is -1.87. The van der Waals surface area contributed by atoms with Crippen molar-refractivity contribution in [2.75, 3.05) is 54.6 Å². The third-order valence-electron chi connectivity index (χ3n) is 15.0. The quantitative estimate of drug-likeness (QED) is 0.167. The molecule has 17 nitrogen and oxygen atoms in total. The van der Waals surface area contributed by atoms with Gasteiger partial charge in [-0.25, -0.2) is 0 Å². The van der Waals surface area contributed by atoms with Gasteiger partial charge in [0.05, 0.1) is 48.1 Å². The second-order valence-electron chi connectivity index (χ2n) is 20.5. The molecular weight excluding hydrogens is 845 g/mol. The molecule has 0 aromatic carbocycles. The standard InChI is InChI=1S/C48H86N2O15/c1-16-36-48(11,56)41(54)29(4)38(53)27(2)25-46(9,57-14)42(65-45-40(35(49(12)13)24-28(3)60-45)59-23-17-20-50-21-18-34(52)19-22-50)30(5)39(31(6)44(55)63-36)64-37-26-47(10,58-15)43(32(7)61-37)62-33(8)51/h27-32,34-37,39-43,45,52,54,56H,16-26H2,1-15H3/t27-,28-,29+,30+,31-,32+,35+,36-,37+,39+,40-,41-,42-,43+,45+,46+,47-,48-/m1/s1. The van der Waals surface area contributed by atoms with Crippen LogP contribution >= 0.6 is 0 Å². The van der Waals surface area contributed by atoms with E-state index in [0.29, 0.717) is 13.0 Å². The van der Waals surface area contributed by atoms with Gasteiger partial charge in [-0.3, -0.25) is 14.4 Å². The summed E-state index contributed by atoms with van der Waals surface area (Å²) in [6, 6.07) is -0.104. The number of aliphatic hydroxyl groups is 3. The van der Waals surface area contributed by atoms with Gasteiger partial charge in [0.25, 0.3) is 0 Å². The number of nitrogens with zero attached hydrogens (tertiary/aromatic N) is 2. The molecule has 0 spiro atoms. The fraction of sp³-hybridized carbons (Fsp3) is 0.938. The number of hydrogen-bond donors (Lipinski definition) is 3. The van der Waals surface area contributed by atoms with Crippen LogP contribution in [-0.2, 0) is 57.0 Å². The lowest BCUT2D eigenvalue weighted by Crippen LogP contribution is -2.62. The van der Waals surface area contributed by atoms with Gasteiger partial charge in [0.2, 0.25) is 0 Å².